The zero-order chi connectivity index (χ0) is 13.3. The molecule has 0 saturated heterocycles. The maximum atomic E-state index is 5.37. The van der Waals surface area contributed by atoms with Crippen molar-refractivity contribution >= 4 is 10.9 Å². The molecule has 1 heterocycles. The summed E-state index contributed by atoms with van der Waals surface area (Å²) in [5.74, 6) is 1.54. The molecule has 0 spiro atoms. The fourth-order valence-electron chi connectivity index (χ4n) is 2.37. The summed E-state index contributed by atoms with van der Waals surface area (Å²) in [7, 11) is 7.35. The van der Waals surface area contributed by atoms with Crippen LogP contribution >= 0.6 is 0 Å². The van der Waals surface area contributed by atoms with Crippen LogP contribution in [0.3, 0.4) is 0 Å². The van der Waals surface area contributed by atoms with Gasteiger partial charge in [-0.15, -0.1) is 0 Å². The van der Waals surface area contributed by atoms with E-state index in [2.05, 4.69) is 23.9 Å². The molecule has 0 aliphatic carbocycles. The first-order valence-corrected chi connectivity index (χ1v) is 5.98. The van der Waals surface area contributed by atoms with Crippen molar-refractivity contribution in [1.29, 1.82) is 0 Å². The molecule has 2 aromatic rings. The van der Waals surface area contributed by atoms with Crippen LogP contribution in [0.1, 0.15) is 11.3 Å². The summed E-state index contributed by atoms with van der Waals surface area (Å²) in [5.41, 5.74) is 3.72. The standard InChI is InChI=1S/C14H20N2O2/c1-9-11(8-15-2)10-6-13(17-4)14(18-5)7-12(10)16(9)3/h6-7,15H,8H2,1-5H3. The summed E-state index contributed by atoms with van der Waals surface area (Å²) >= 11 is 0. The number of rotatable bonds is 4. The van der Waals surface area contributed by atoms with E-state index < -0.39 is 0 Å². The molecule has 0 fully saturated rings. The number of benzene rings is 1. The van der Waals surface area contributed by atoms with Gasteiger partial charge in [0.05, 0.1) is 19.7 Å². The first kappa shape index (κ1) is 12.8. The number of aryl methyl sites for hydroxylation is 1. The molecule has 0 aliphatic heterocycles. The Kier molecular flexibility index (Phi) is 3.48. The molecular weight excluding hydrogens is 228 g/mol. The lowest BCUT2D eigenvalue weighted by atomic mass is 10.1. The van der Waals surface area contributed by atoms with Gasteiger partial charge in [-0.05, 0) is 25.6 Å². The van der Waals surface area contributed by atoms with Crippen molar-refractivity contribution in [2.45, 2.75) is 13.5 Å². The van der Waals surface area contributed by atoms with Gasteiger partial charge in [0.1, 0.15) is 0 Å². The average Bonchev–Trinajstić information content (AvgIpc) is 2.62. The Labute approximate surface area is 107 Å². The van der Waals surface area contributed by atoms with Gasteiger partial charge in [0.25, 0.3) is 0 Å². The molecule has 0 aliphatic rings. The summed E-state index contributed by atoms with van der Waals surface area (Å²) in [4.78, 5) is 0. The van der Waals surface area contributed by atoms with Crippen LogP contribution in [-0.2, 0) is 13.6 Å². The predicted molar refractivity (Wildman–Crippen MR) is 73.5 cm³/mol. The van der Waals surface area contributed by atoms with Gasteiger partial charge in [-0.25, -0.2) is 0 Å². The lowest BCUT2D eigenvalue weighted by Gasteiger charge is -2.08. The van der Waals surface area contributed by atoms with Crippen LogP contribution in [0.4, 0.5) is 0 Å². The Hall–Kier alpha value is -1.68. The maximum Gasteiger partial charge on any atom is 0.162 e. The van der Waals surface area contributed by atoms with Crippen LogP contribution in [0.2, 0.25) is 0 Å². The van der Waals surface area contributed by atoms with Gasteiger partial charge < -0.3 is 19.4 Å². The number of aromatic nitrogens is 1. The van der Waals surface area contributed by atoms with E-state index in [9.17, 15) is 0 Å². The van der Waals surface area contributed by atoms with Crippen LogP contribution in [0.5, 0.6) is 11.5 Å². The fraction of sp³-hybridized carbons (Fsp3) is 0.429. The molecule has 1 N–H and O–H groups in total. The van der Waals surface area contributed by atoms with Gasteiger partial charge in [0.2, 0.25) is 0 Å². The summed E-state index contributed by atoms with van der Waals surface area (Å²) < 4.78 is 12.9. The van der Waals surface area contributed by atoms with E-state index in [1.807, 2.05) is 19.2 Å². The van der Waals surface area contributed by atoms with Gasteiger partial charge in [0.15, 0.2) is 11.5 Å². The minimum absolute atomic E-state index is 0.765. The Morgan fingerprint density at radius 3 is 2.33 bits per heavy atom. The highest BCUT2D eigenvalue weighted by Crippen LogP contribution is 2.35. The van der Waals surface area contributed by atoms with E-state index in [-0.39, 0.29) is 0 Å². The van der Waals surface area contributed by atoms with Crippen molar-refractivity contribution in [2.75, 3.05) is 21.3 Å². The molecule has 0 saturated carbocycles. The highest BCUT2D eigenvalue weighted by atomic mass is 16.5. The van der Waals surface area contributed by atoms with E-state index in [0.29, 0.717) is 0 Å². The van der Waals surface area contributed by atoms with Crippen LogP contribution in [0.25, 0.3) is 10.9 Å². The quantitative estimate of drug-likeness (QED) is 0.901. The van der Waals surface area contributed by atoms with Crippen molar-refractivity contribution in [3.8, 4) is 11.5 Å². The Morgan fingerprint density at radius 1 is 1.17 bits per heavy atom. The van der Waals surface area contributed by atoms with Crippen molar-refractivity contribution < 1.29 is 9.47 Å². The zero-order valence-corrected chi connectivity index (χ0v) is 11.6. The van der Waals surface area contributed by atoms with Crippen LogP contribution in [0, 0.1) is 6.92 Å². The molecule has 1 aromatic heterocycles. The smallest absolute Gasteiger partial charge is 0.162 e. The molecule has 0 atom stereocenters. The predicted octanol–water partition coefficient (Wildman–Crippen LogP) is 2.22. The molecule has 4 heteroatoms. The summed E-state index contributed by atoms with van der Waals surface area (Å²) in [6.07, 6.45) is 0. The first-order chi connectivity index (χ1) is 8.63. The summed E-state index contributed by atoms with van der Waals surface area (Å²) in [5, 5.41) is 4.42. The third kappa shape index (κ3) is 1.82. The van der Waals surface area contributed by atoms with Crippen LogP contribution in [-0.4, -0.2) is 25.8 Å². The maximum absolute atomic E-state index is 5.37. The Balaban J connectivity index is 2.75. The number of nitrogens with one attached hydrogen (secondary N) is 1. The zero-order valence-electron chi connectivity index (χ0n) is 11.6. The number of fused-ring (bicyclic) bond motifs is 1. The molecule has 18 heavy (non-hydrogen) atoms. The van der Waals surface area contributed by atoms with Gasteiger partial charge in [-0.3, -0.25) is 0 Å². The fourth-order valence-corrected chi connectivity index (χ4v) is 2.37. The van der Waals surface area contributed by atoms with Crippen molar-refractivity contribution in [1.82, 2.24) is 9.88 Å². The molecule has 0 bridgehead atoms. The Bertz CT molecular complexity index is 573. The molecule has 98 valence electrons. The molecule has 0 unspecified atom stereocenters. The molecule has 0 amide bonds. The van der Waals surface area contributed by atoms with Crippen LogP contribution in [0.15, 0.2) is 12.1 Å². The lowest BCUT2D eigenvalue weighted by Crippen LogP contribution is -2.06. The highest BCUT2D eigenvalue weighted by molar-refractivity contribution is 5.88. The second-order valence-corrected chi connectivity index (χ2v) is 4.38. The minimum atomic E-state index is 0.765. The monoisotopic (exact) mass is 248 g/mol. The third-order valence-electron chi connectivity index (χ3n) is 3.48. The van der Waals surface area contributed by atoms with Gasteiger partial charge >= 0.3 is 0 Å². The number of ether oxygens (including phenoxy) is 2. The van der Waals surface area contributed by atoms with E-state index in [4.69, 9.17) is 9.47 Å². The average molecular weight is 248 g/mol. The van der Waals surface area contributed by atoms with E-state index in [1.165, 1.54) is 16.6 Å². The number of hydrogen-bond donors (Lipinski definition) is 1. The molecule has 0 radical (unpaired) electrons. The minimum Gasteiger partial charge on any atom is -0.493 e. The largest absolute Gasteiger partial charge is 0.493 e. The number of hydrogen-bond acceptors (Lipinski definition) is 3. The normalized spacial score (nSPS) is 10.9. The van der Waals surface area contributed by atoms with Gasteiger partial charge in [-0.2, -0.15) is 0 Å². The highest BCUT2D eigenvalue weighted by Gasteiger charge is 2.15. The SMILES string of the molecule is CNCc1c(C)n(C)c2cc(OC)c(OC)cc12. The first-order valence-electron chi connectivity index (χ1n) is 5.98. The second kappa shape index (κ2) is 4.90. The van der Waals surface area contributed by atoms with Gasteiger partial charge in [0, 0.05) is 30.7 Å². The van der Waals surface area contributed by atoms with Gasteiger partial charge in [-0.1, -0.05) is 0 Å². The second-order valence-electron chi connectivity index (χ2n) is 4.38. The molecular formula is C14H20N2O2. The summed E-state index contributed by atoms with van der Waals surface area (Å²) in [6, 6.07) is 4.08. The van der Waals surface area contributed by atoms with E-state index in [0.717, 1.165) is 23.6 Å². The van der Waals surface area contributed by atoms with Crippen molar-refractivity contribution in [3.63, 3.8) is 0 Å². The topological polar surface area (TPSA) is 35.4 Å². The van der Waals surface area contributed by atoms with Crippen LogP contribution < -0.4 is 14.8 Å². The summed E-state index contributed by atoms with van der Waals surface area (Å²) in [6.45, 7) is 2.98. The molecule has 4 nitrogen and oxygen atoms in total. The molecule has 2 rings (SSSR count). The number of methoxy groups -OCH3 is 2. The third-order valence-corrected chi connectivity index (χ3v) is 3.48. The van der Waals surface area contributed by atoms with E-state index >= 15 is 0 Å². The lowest BCUT2D eigenvalue weighted by molar-refractivity contribution is 0.355. The molecule has 1 aromatic carbocycles. The van der Waals surface area contributed by atoms with E-state index in [1.54, 1.807) is 14.2 Å². The van der Waals surface area contributed by atoms with Crippen molar-refractivity contribution in [3.05, 3.63) is 23.4 Å². The Morgan fingerprint density at radius 2 is 1.78 bits per heavy atom. The van der Waals surface area contributed by atoms with Crippen molar-refractivity contribution in [2.24, 2.45) is 7.05 Å². The number of nitrogens with zero attached hydrogens (tertiary/aromatic N) is 1.